The molecule has 0 spiro atoms. The number of methoxy groups -OCH3 is 3. The summed E-state index contributed by atoms with van der Waals surface area (Å²) in [5, 5.41) is 0.648. The second kappa shape index (κ2) is 10.4. The monoisotopic (exact) mass is 458 g/mol. The van der Waals surface area contributed by atoms with Gasteiger partial charge in [-0.25, -0.2) is 4.98 Å². The number of hydrogen-bond donors (Lipinski definition) is 1. The first-order chi connectivity index (χ1) is 15.4. The maximum absolute atomic E-state index is 12.6. The lowest BCUT2D eigenvalue weighted by molar-refractivity contribution is 0.273. The quantitative estimate of drug-likeness (QED) is 0.479. The van der Waals surface area contributed by atoms with E-state index in [4.69, 9.17) is 30.5 Å². The molecular weight excluding hydrogens is 432 g/mol. The Balaban J connectivity index is 1.93. The van der Waals surface area contributed by atoms with Crippen molar-refractivity contribution in [1.82, 2.24) is 9.97 Å². The number of nitrogens with one attached hydrogen (secondary N) is 1. The molecular formula is C24H27ClN2O5. The summed E-state index contributed by atoms with van der Waals surface area (Å²) in [7, 11) is 4.62. The molecule has 0 saturated heterocycles. The van der Waals surface area contributed by atoms with Gasteiger partial charge in [-0.15, -0.1) is 0 Å². The molecule has 170 valence electrons. The highest BCUT2D eigenvalue weighted by Gasteiger charge is 2.13. The first kappa shape index (κ1) is 23.5. The molecule has 0 radical (unpaired) electrons. The second-order valence-corrected chi connectivity index (χ2v) is 7.98. The molecule has 0 saturated carbocycles. The number of ether oxygens (including phenoxy) is 4. The summed E-state index contributed by atoms with van der Waals surface area (Å²) in [4.78, 5) is 19.8. The number of H-pyrrole nitrogens is 1. The standard InChI is InChI=1S/C24H27ClN2O5/c1-14(2)8-9-32-19-7-6-15(11-20(19)29-3)10-17(25)23-26-18-13-22(31-5)21(30-4)12-16(18)24(28)27-23/h6-7,10-14H,8-9H2,1-5H3,(H,26,27,28)/b17-10-. The van der Waals surface area contributed by atoms with E-state index in [0.29, 0.717) is 46.4 Å². The molecule has 8 heteroatoms. The van der Waals surface area contributed by atoms with Gasteiger partial charge in [-0.2, -0.15) is 0 Å². The molecule has 1 N–H and O–H groups in total. The summed E-state index contributed by atoms with van der Waals surface area (Å²) in [6.45, 7) is 4.91. The molecule has 2 aromatic carbocycles. The average Bonchev–Trinajstić information content (AvgIpc) is 2.78. The van der Waals surface area contributed by atoms with E-state index in [9.17, 15) is 4.79 Å². The molecule has 3 rings (SSSR count). The summed E-state index contributed by atoms with van der Waals surface area (Å²) in [6, 6.07) is 8.75. The largest absolute Gasteiger partial charge is 0.493 e. The van der Waals surface area contributed by atoms with E-state index in [1.165, 1.54) is 14.2 Å². The number of nitrogens with zero attached hydrogens (tertiary/aromatic N) is 1. The highest BCUT2D eigenvalue weighted by molar-refractivity contribution is 6.50. The Bertz CT molecular complexity index is 1190. The van der Waals surface area contributed by atoms with Crippen LogP contribution in [-0.2, 0) is 0 Å². The zero-order chi connectivity index (χ0) is 23.3. The maximum Gasteiger partial charge on any atom is 0.259 e. The number of rotatable bonds is 9. The van der Waals surface area contributed by atoms with Crippen molar-refractivity contribution in [1.29, 1.82) is 0 Å². The van der Waals surface area contributed by atoms with Gasteiger partial charge in [-0.05, 0) is 42.2 Å². The SMILES string of the molecule is COc1cc2nc(/C(Cl)=C/c3ccc(OCCC(C)C)c(OC)c3)[nH]c(=O)c2cc1OC. The van der Waals surface area contributed by atoms with Crippen LogP contribution in [0.3, 0.4) is 0 Å². The van der Waals surface area contributed by atoms with Crippen molar-refractivity contribution in [2.45, 2.75) is 20.3 Å². The Morgan fingerprint density at radius 3 is 2.34 bits per heavy atom. The predicted octanol–water partition coefficient (Wildman–Crippen LogP) is 5.11. The zero-order valence-electron chi connectivity index (χ0n) is 18.8. The van der Waals surface area contributed by atoms with E-state index < -0.39 is 0 Å². The molecule has 0 aliphatic heterocycles. The molecule has 0 aliphatic carbocycles. The predicted molar refractivity (Wildman–Crippen MR) is 127 cm³/mol. The van der Waals surface area contributed by atoms with Gasteiger partial charge in [-0.3, -0.25) is 4.79 Å². The first-order valence-electron chi connectivity index (χ1n) is 10.2. The fraction of sp³-hybridized carbons (Fsp3) is 0.333. The highest BCUT2D eigenvalue weighted by Crippen LogP contribution is 2.32. The van der Waals surface area contributed by atoms with Gasteiger partial charge < -0.3 is 23.9 Å². The van der Waals surface area contributed by atoms with Crippen molar-refractivity contribution in [2.24, 2.45) is 5.92 Å². The van der Waals surface area contributed by atoms with Crippen LogP contribution >= 0.6 is 11.6 Å². The summed E-state index contributed by atoms with van der Waals surface area (Å²) in [5.74, 6) is 2.99. The highest BCUT2D eigenvalue weighted by atomic mass is 35.5. The fourth-order valence-corrected chi connectivity index (χ4v) is 3.31. The minimum Gasteiger partial charge on any atom is -0.493 e. The molecule has 0 bridgehead atoms. The molecule has 0 atom stereocenters. The van der Waals surface area contributed by atoms with Crippen LogP contribution < -0.4 is 24.5 Å². The van der Waals surface area contributed by atoms with E-state index in [1.54, 1.807) is 25.3 Å². The van der Waals surface area contributed by atoms with E-state index in [1.807, 2.05) is 18.2 Å². The third kappa shape index (κ3) is 5.34. The number of halogens is 1. The van der Waals surface area contributed by atoms with Crippen molar-refractivity contribution in [3.63, 3.8) is 0 Å². The minimum atomic E-state index is -0.330. The Hall–Kier alpha value is -3.19. The van der Waals surface area contributed by atoms with Crippen molar-refractivity contribution in [3.05, 3.63) is 52.1 Å². The van der Waals surface area contributed by atoms with Crippen LogP contribution in [0.15, 0.2) is 35.1 Å². The van der Waals surface area contributed by atoms with Crippen LogP contribution in [0.25, 0.3) is 22.0 Å². The number of benzene rings is 2. The number of aromatic nitrogens is 2. The average molecular weight is 459 g/mol. The Morgan fingerprint density at radius 1 is 1.03 bits per heavy atom. The molecule has 0 amide bonds. The molecule has 32 heavy (non-hydrogen) atoms. The van der Waals surface area contributed by atoms with Crippen LogP contribution in [0.4, 0.5) is 0 Å². The van der Waals surface area contributed by atoms with Gasteiger partial charge in [0.1, 0.15) is 0 Å². The summed E-state index contributed by atoms with van der Waals surface area (Å²) in [5.41, 5.74) is 0.890. The van der Waals surface area contributed by atoms with Crippen molar-refractivity contribution in [2.75, 3.05) is 27.9 Å². The Morgan fingerprint density at radius 2 is 1.69 bits per heavy atom. The van der Waals surface area contributed by atoms with E-state index in [2.05, 4.69) is 23.8 Å². The third-order valence-electron chi connectivity index (χ3n) is 4.87. The number of aromatic amines is 1. The van der Waals surface area contributed by atoms with Gasteiger partial charge in [0.05, 0.1) is 43.9 Å². The molecule has 1 aromatic heterocycles. The summed E-state index contributed by atoms with van der Waals surface area (Å²) < 4.78 is 21.9. The van der Waals surface area contributed by atoms with Crippen LogP contribution in [0.2, 0.25) is 0 Å². The van der Waals surface area contributed by atoms with Crippen molar-refractivity contribution in [3.8, 4) is 23.0 Å². The third-order valence-corrected chi connectivity index (χ3v) is 5.16. The molecule has 0 fully saturated rings. The van der Waals surface area contributed by atoms with Crippen LogP contribution in [0.1, 0.15) is 31.7 Å². The lowest BCUT2D eigenvalue weighted by Gasteiger charge is -2.12. The molecule has 3 aromatic rings. The summed E-state index contributed by atoms with van der Waals surface area (Å²) in [6.07, 6.45) is 2.65. The van der Waals surface area contributed by atoms with Gasteiger partial charge in [-0.1, -0.05) is 31.5 Å². The molecule has 1 heterocycles. The van der Waals surface area contributed by atoms with Gasteiger partial charge >= 0.3 is 0 Å². The Labute approximate surface area is 191 Å². The van der Waals surface area contributed by atoms with Crippen molar-refractivity contribution < 1.29 is 18.9 Å². The Kier molecular flexibility index (Phi) is 7.64. The van der Waals surface area contributed by atoms with Crippen LogP contribution in [0.5, 0.6) is 23.0 Å². The smallest absolute Gasteiger partial charge is 0.259 e. The summed E-state index contributed by atoms with van der Waals surface area (Å²) >= 11 is 6.50. The normalized spacial score (nSPS) is 11.7. The van der Waals surface area contributed by atoms with Gasteiger partial charge in [0.2, 0.25) is 0 Å². The number of hydrogen-bond acceptors (Lipinski definition) is 6. The lowest BCUT2D eigenvalue weighted by Crippen LogP contribution is -2.11. The fourth-order valence-electron chi connectivity index (χ4n) is 3.09. The maximum atomic E-state index is 12.6. The number of fused-ring (bicyclic) bond motifs is 1. The van der Waals surface area contributed by atoms with Gasteiger partial charge in [0.15, 0.2) is 28.8 Å². The van der Waals surface area contributed by atoms with Crippen molar-refractivity contribution >= 4 is 33.6 Å². The van der Waals surface area contributed by atoms with E-state index >= 15 is 0 Å². The molecule has 0 unspecified atom stereocenters. The van der Waals surface area contributed by atoms with Crippen LogP contribution in [-0.4, -0.2) is 37.9 Å². The van der Waals surface area contributed by atoms with E-state index in [0.717, 1.165) is 12.0 Å². The topological polar surface area (TPSA) is 82.7 Å². The van der Waals surface area contributed by atoms with E-state index in [-0.39, 0.29) is 16.4 Å². The molecule has 7 nitrogen and oxygen atoms in total. The van der Waals surface area contributed by atoms with Gasteiger partial charge in [0, 0.05) is 6.07 Å². The second-order valence-electron chi connectivity index (χ2n) is 7.57. The first-order valence-corrected chi connectivity index (χ1v) is 10.6. The lowest BCUT2D eigenvalue weighted by atomic mass is 10.1. The molecule has 0 aliphatic rings. The van der Waals surface area contributed by atoms with Gasteiger partial charge in [0.25, 0.3) is 5.56 Å². The zero-order valence-corrected chi connectivity index (χ0v) is 19.6. The van der Waals surface area contributed by atoms with Crippen LogP contribution in [0, 0.1) is 5.92 Å². The minimum absolute atomic E-state index is 0.243.